The average molecular weight is 410 g/mol. The number of fused-ring (bicyclic) bond motifs is 1. The van der Waals surface area contributed by atoms with E-state index in [0.717, 1.165) is 10.9 Å². The van der Waals surface area contributed by atoms with E-state index in [4.69, 9.17) is 25.8 Å². The Balaban J connectivity index is 2.45. The summed E-state index contributed by atoms with van der Waals surface area (Å²) >= 11 is 6.38. The minimum atomic E-state index is -1.93. The molecule has 28 heavy (non-hydrogen) atoms. The molecule has 0 aliphatic carbocycles. The van der Waals surface area contributed by atoms with Gasteiger partial charge in [0.2, 0.25) is 4.87 Å². The fourth-order valence-electron chi connectivity index (χ4n) is 3.01. The normalized spacial score (nSPS) is 11.3. The van der Waals surface area contributed by atoms with E-state index >= 15 is 0 Å². The number of aryl methyl sites for hydroxylation is 2. The van der Waals surface area contributed by atoms with Gasteiger partial charge in [0.25, 0.3) is 5.56 Å². The summed E-state index contributed by atoms with van der Waals surface area (Å²) in [7, 11) is 3.18. The Morgan fingerprint density at radius 1 is 1.07 bits per heavy atom. The molecule has 0 bridgehead atoms. The second-order valence-corrected chi connectivity index (χ2v) is 6.81. The molecule has 0 fully saturated rings. The third-order valence-corrected chi connectivity index (χ3v) is 4.98. The van der Waals surface area contributed by atoms with Gasteiger partial charge in [0.1, 0.15) is 5.75 Å². The highest BCUT2D eigenvalue weighted by molar-refractivity contribution is 6.44. The Labute approximate surface area is 168 Å². The lowest BCUT2D eigenvalue weighted by molar-refractivity contribution is -0.159. The summed E-state index contributed by atoms with van der Waals surface area (Å²) in [6, 6.07) is 6.71. The monoisotopic (exact) mass is 409 g/mol. The van der Waals surface area contributed by atoms with Gasteiger partial charge in [0, 0.05) is 18.5 Å². The van der Waals surface area contributed by atoms with Crippen LogP contribution in [0.25, 0.3) is 10.9 Å². The third-order valence-electron chi connectivity index (χ3n) is 4.49. The fourth-order valence-corrected chi connectivity index (χ4v) is 3.21. The molecule has 0 atom stereocenters. The number of pyridine rings is 1. The summed E-state index contributed by atoms with van der Waals surface area (Å²) in [6.07, 6.45) is 0.274. The number of halogens is 1. The quantitative estimate of drug-likeness (QED) is 0.378. The van der Waals surface area contributed by atoms with Crippen molar-refractivity contribution in [3.05, 3.63) is 40.2 Å². The zero-order valence-corrected chi connectivity index (χ0v) is 17.2. The van der Waals surface area contributed by atoms with Gasteiger partial charge in [-0.15, -0.1) is 0 Å². The van der Waals surface area contributed by atoms with Gasteiger partial charge in [-0.25, -0.2) is 9.59 Å². The van der Waals surface area contributed by atoms with Crippen LogP contribution < -0.4 is 10.3 Å². The first-order valence-corrected chi connectivity index (χ1v) is 9.36. The highest BCUT2D eigenvalue weighted by atomic mass is 35.5. The lowest BCUT2D eigenvalue weighted by Crippen LogP contribution is -2.44. The zero-order chi connectivity index (χ0) is 20.9. The van der Waals surface area contributed by atoms with E-state index in [1.54, 1.807) is 33.0 Å². The summed E-state index contributed by atoms with van der Waals surface area (Å²) in [4.78, 5) is 34.8. The van der Waals surface area contributed by atoms with Gasteiger partial charge >= 0.3 is 11.9 Å². The number of hydrogen-bond acceptors (Lipinski definition) is 6. The van der Waals surface area contributed by atoms with E-state index in [1.165, 1.54) is 17.7 Å². The molecule has 1 heterocycles. The van der Waals surface area contributed by atoms with Crippen LogP contribution in [-0.2, 0) is 32.5 Å². The van der Waals surface area contributed by atoms with Crippen LogP contribution in [0.3, 0.4) is 0 Å². The van der Waals surface area contributed by atoms with E-state index in [1.807, 2.05) is 6.07 Å². The standard InChI is InChI=1S/C20H24ClNO6/c1-5-27-18(24)20(21,19(25)28-6-2)12-11-13-7-9-15(26-4)17-14(13)8-10-16(23)22(17)3/h7-10H,5-6,11-12H2,1-4H3. The number of benzene rings is 1. The maximum absolute atomic E-state index is 12.3. The first kappa shape index (κ1) is 21.8. The number of ether oxygens (including phenoxy) is 3. The Morgan fingerprint density at radius 2 is 1.68 bits per heavy atom. The lowest BCUT2D eigenvalue weighted by atomic mass is 9.96. The Kier molecular flexibility index (Phi) is 7.07. The summed E-state index contributed by atoms with van der Waals surface area (Å²) in [6.45, 7) is 3.47. The van der Waals surface area contributed by atoms with Crippen molar-refractivity contribution in [2.75, 3.05) is 20.3 Å². The number of hydrogen-bond donors (Lipinski definition) is 0. The summed E-state index contributed by atoms with van der Waals surface area (Å²) in [5.41, 5.74) is 1.26. The molecule has 1 aromatic carbocycles. The molecule has 0 amide bonds. The lowest BCUT2D eigenvalue weighted by Gasteiger charge is -2.23. The van der Waals surface area contributed by atoms with Crippen LogP contribution >= 0.6 is 11.6 Å². The molecule has 0 aliphatic heterocycles. The van der Waals surface area contributed by atoms with Gasteiger partial charge in [-0.3, -0.25) is 4.79 Å². The molecule has 7 nitrogen and oxygen atoms in total. The largest absolute Gasteiger partial charge is 0.495 e. The van der Waals surface area contributed by atoms with Crippen LogP contribution in [0.4, 0.5) is 0 Å². The molecule has 0 aliphatic rings. The van der Waals surface area contributed by atoms with Crippen LogP contribution in [0, 0.1) is 0 Å². The van der Waals surface area contributed by atoms with Crippen molar-refractivity contribution >= 4 is 34.4 Å². The fraction of sp³-hybridized carbons (Fsp3) is 0.450. The second-order valence-electron chi connectivity index (χ2n) is 6.16. The van der Waals surface area contributed by atoms with Gasteiger partial charge in [0.15, 0.2) is 0 Å². The number of nitrogens with zero attached hydrogens (tertiary/aromatic N) is 1. The number of carbonyl (C=O) groups excluding carboxylic acids is 2. The first-order chi connectivity index (χ1) is 13.3. The molecule has 0 saturated carbocycles. The topological polar surface area (TPSA) is 83.8 Å². The number of carbonyl (C=O) groups is 2. The van der Waals surface area contributed by atoms with Gasteiger partial charge in [-0.2, -0.15) is 0 Å². The molecule has 0 saturated heterocycles. The Morgan fingerprint density at radius 3 is 2.21 bits per heavy atom. The molecule has 1 aromatic heterocycles. The number of alkyl halides is 1. The van der Waals surface area contributed by atoms with Crippen molar-refractivity contribution in [3.63, 3.8) is 0 Å². The van der Waals surface area contributed by atoms with E-state index in [-0.39, 0.29) is 25.2 Å². The summed E-state index contributed by atoms with van der Waals surface area (Å²) in [5, 5.41) is 0.771. The Hall–Kier alpha value is -2.54. The number of methoxy groups -OCH3 is 1. The molecule has 0 radical (unpaired) electrons. The van der Waals surface area contributed by atoms with Crippen molar-refractivity contribution in [1.29, 1.82) is 0 Å². The SMILES string of the molecule is CCOC(=O)C(Cl)(CCc1ccc(OC)c2c1ccc(=O)n2C)C(=O)OCC. The van der Waals surface area contributed by atoms with Crippen molar-refractivity contribution in [3.8, 4) is 5.75 Å². The van der Waals surface area contributed by atoms with Crippen LogP contribution in [0.15, 0.2) is 29.1 Å². The smallest absolute Gasteiger partial charge is 0.338 e. The predicted molar refractivity (Wildman–Crippen MR) is 106 cm³/mol. The molecule has 0 spiro atoms. The van der Waals surface area contributed by atoms with Crippen molar-refractivity contribution in [2.24, 2.45) is 7.05 Å². The van der Waals surface area contributed by atoms with E-state index in [9.17, 15) is 14.4 Å². The molecule has 2 rings (SSSR count). The Bertz CT molecular complexity index is 918. The zero-order valence-electron chi connectivity index (χ0n) is 16.4. The summed E-state index contributed by atoms with van der Waals surface area (Å²) in [5.74, 6) is -1.12. The van der Waals surface area contributed by atoms with Gasteiger partial charge < -0.3 is 18.8 Å². The highest BCUT2D eigenvalue weighted by Gasteiger charge is 2.47. The van der Waals surface area contributed by atoms with Crippen LogP contribution in [0.5, 0.6) is 5.75 Å². The molecule has 0 N–H and O–H groups in total. The van der Waals surface area contributed by atoms with Crippen LogP contribution in [0.1, 0.15) is 25.8 Å². The van der Waals surface area contributed by atoms with E-state index in [0.29, 0.717) is 17.7 Å². The maximum atomic E-state index is 12.3. The minimum absolute atomic E-state index is 0.0174. The molecule has 8 heteroatoms. The number of aromatic nitrogens is 1. The van der Waals surface area contributed by atoms with Gasteiger partial charge in [0.05, 0.1) is 25.8 Å². The molecule has 0 unspecified atom stereocenters. The minimum Gasteiger partial charge on any atom is -0.495 e. The predicted octanol–water partition coefficient (Wildman–Crippen LogP) is 2.58. The maximum Gasteiger partial charge on any atom is 0.338 e. The molecule has 2 aromatic rings. The van der Waals surface area contributed by atoms with E-state index in [2.05, 4.69) is 0 Å². The van der Waals surface area contributed by atoms with Crippen LogP contribution in [0.2, 0.25) is 0 Å². The first-order valence-electron chi connectivity index (χ1n) is 8.99. The average Bonchev–Trinajstić information content (AvgIpc) is 2.68. The van der Waals surface area contributed by atoms with Crippen LogP contribution in [-0.4, -0.2) is 41.7 Å². The number of rotatable bonds is 8. The number of esters is 2. The summed E-state index contributed by atoms with van der Waals surface area (Å²) < 4.78 is 16.8. The van der Waals surface area contributed by atoms with Gasteiger partial charge in [-0.1, -0.05) is 17.7 Å². The van der Waals surface area contributed by atoms with E-state index < -0.39 is 16.8 Å². The van der Waals surface area contributed by atoms with Crippen molar-refractivity contribution in [1.82, 2.24) is 4.57 Å². The van der Waals surface area contributed by atoms with Crippen molar-refractivity contribution < 1.29 is 23.8 Å². The molecular formula is C20H24ClNO6. The highest BCUT2D eigenvalue weighted by Crippen LogP contribution is 2.31. The molecule has 152 valence electrons. The second kappa shape index (κ2) is 9.10. The van der Waals surface area contributed by atoms with Gasteiger partial charge in [-0.05, 0) is 44.4 Å². The third kappa shape index (κ3) is 4.14. The van der Waals surface area contributed by atoms with Crippen molar-refractivity contribution in [2.45, 2.75) is 31.6 Å². The molecular weight excluding hydrogens is 386 g/mol.